The number of benzene rings is 1. The van der Waals surface area contributed by atoms with Crippen LogP contribution in [0.2, 0.25) is 0 Å². The van der Waals surface area contributed by atoms with Gasteiger partial charge in [-0.15, -0.1) is 0 Å². The standard InChI is InChI=1S/C21H26N4O3S/c1-5-14(4)25-20(27)19-17(11-13(3)22-19)24-21(25)29-12-18(26)23-15-7-9-16(10-8-15)28-6-2/h7-11,14,22H,5-6,12H2,1-4H3,(H,23,26)/t14-/m1/s1. The van der Waals surface area contributed by atoms with Gasteiger partial charge in [-0.3, -0.25) is 14.2 Å². The summed E-state index contributed by atoms with van der Waals surface area (Å²) in [6.07, 6.45) is 0.790. The Labute approximate surface area is 173 Å². The topological polar surface area (TPSA) is 89.0 Å². The second-order valence-electron chi connectivity index (χ2n) is 6.83. The lowest BCUT2D eigenvalue weighted by atomic mass is 10.2. The number of hydrogen-bond donors (Lipinski definition) is 2. The molecule has 0 aliphatic carbocycles. The van der Waals surface area contributed by atoms with Crippen molar-refractivity contribution in [2.45, 2.75) is 45.3 Å². The number of carbonyl (C=O) groups excluding carboxylic acids is 1. The van der Waals surface area contributed by atoms with Gasteiger partial charge in [0.25, 0.3) is 5.56 Å². The number of nitrogens with one attached hydrogen (secondary N) is 2. The molecule has 1 atom stereocenters. The van der Waals surface area contributed by atoms with Crippen LogP contribution in [0.4, 0.5) is 5.69 Å². The molecule has 1 aromatic carbocycles. The summed E-state index contributed by atoms with van der Waals surface area (Å²) in [6.45, 7) is 8.42. The van der Waals surface area contributed by atoms with Crippen LogP contribution < -0.4 is 15.6 Å². The van der Waals surface area contributed by atoms with E-state index in [2.05, 4.69) is 15.3 Å². The first kappa shape index (κ1) is 21.0. The van der Waals surface area contributed by atoms with E-state index in [1.54, 1.807) is 16.7 Å². The van der Waals surface area contributed by atoms with Crippen LogP contribution >= 0.6 is 11.8 Å². The van der Waals surface area contributed by atoms with Crippen LogP contribution in [0, 0.1) is 6.92 Å². The fourth-order valence-corrected chi connectivity index (χ4v) is 3.89. The van der Waals surface area contributed by atoms with Gasteiger partial charge in [-0.25, -0.2) is 4.98 Å². The average Bonchev–Trinajstić information content (AvgIpc) is 3.08. The van der Waals surface area contributed by atoms with Crippen molar-refractivity contribution in [3.63, 3.8) is 0 Å². The molecule has 8 heteroatoms. The van der Waals surface area contributed by atoms with Crippen molar-refractivity contribution in [3.05, 3.63) is 46.4 Å². The van der Waals surface area contributed by atoms with Crippen molar-refractivity contribution < 1.29 is 9.53 Å². The van der Waals surface area contributed by atoms with Crippen molar-refractivity contribution in [2.75, 3.05) is 17.7 Å². The molecule has 2 N–H and O–H groups in total. The number of nitrogens with zero attached hydrogens (tertiary/aromatic N) is 2. The number of thioether (sulfide) groups is 1. The second-order valence-corrected chi connectivity index (χ2v) is 7.78. The zero-order valence-electron chi connectivity index (χ0n) is 17.1. The lowest BCUT2D eigenvalue weighted by Crippen LogP contribution is -2.26. The minimum absolute atomic E-state index is 0.0142. The number of amides is 1. The highest BCUT2D eigenvalue weighted by atomic mass is 32.2. The Balaban J connectivity index is 1.76. The maximum atomic E-state index is 12.9. The number of fused-ring (bicyclic) bond motifs is 1. The molecule has 154 valence electrons. The fraction of sp³-hybridized carbons (Fsp3) is 0.381. The summed E-state index contributed by atoms with van der Waals surface area (Å²) < 4.78 is 7.08. The minimum Gasteiger partial charge on any atom is -0.494 e. The molecule has 3 aromatic rings. The summed E-state index contributed by atoms with van der Waals surface area (Å²) in [6, 6.07) is 9.07. The van der Waals surface area contributed by atoms with E-state index in [1.807, 2.05) is 45.9 Å². The number of carbonyl (C=O) groups is 1. The Morgan fingerprint density at radius 3 is 2.69 bits per heavy atom. The average molecular weight is 415 g/mol. The molecule has 0 radical (unpaired) electrons. The van der Waals surface area contributed by atoms with E-state index in [0.29, 0.717) is 28.5 Å². The molecule has 0 unspecified atom stereocenters. The molecule has 0 saturated heterocycles. The number of aromatic amines is 1. The monoisotopic (exact) mass is 414 g/mol. The van der Waals surface area contributed by atoms with Crippen molar-refractivity contribution in [2.24, 2.45) is 0 Å². The smallest absolute Gasteiger partial charge is 0.278 e. The zero-order valence-corrected chi connectivity index (χ0v) is 17.9. The summed E-state index contributed by atoms with van der Waals surface area (Å²) in [5.74, 6) is 0.761. The molecule has 0 spiro atoms. The fourth-order valence-electron chi connectivity index (χ4n) is 2.99. The Kier molecular flexibility index (Phi) is 6.64. The quantitative estimate of drug-likeness (QED) is 0.427. The summed E-state index contributed by atoms with van der Waals surface area (Å²) in [5, 5.41) is 3.42. The third-order valence-electron chi connectivity index (χ3n) is 4.60. The molecule has 0 bridgehead atoms. The number of ether oxygens (including phenoxy) is 1. The molecule has 3 rings (SSSR count). The van der Waals surface area contributed by atoms with Gasteiger partial charge in [0.05, 0.1) is 17.9 Å². The van der Waals surface area contributed by atoms with E-state index >= 15 is 0 Å². The highest BCUT2D eigenvalue weighted by Gasteiger charge is 2.18. The molecular formula is C21H26N4O3S. The Morgan fingerprint density at radius 1 is 1.31 bits per heavy atom. The van der Waals surface area contributed by atoms with Crippen LogP contribution in [0.3, 0.4) is 0 Å². The first-order valence-corrected chi connectivity index (χ1v) is 10.7. The molecule has 2 aromatic heterocycles. The van der Waals surface area contributed by atoms with Gasteiger partial charge in [0.1, 0.15) is 11.3 Å². The maximum absolute atomic E-state index is 12.9. The highest BCUT2D eigenvalue weighted by Crippen LogP contribution is 2.23. The third kappa shape index (κ3) is 4.82. The number of aromatic nitrogens is 3. The van der Waals surface area contributed by atoms with E-state index in [1.165, 1.54) is 11.8 Å². The Morgan fingerprint density at radius 2 is 2.03 bits per heavy atom. The lowest BCUT2D eigenvalue weighted by molar-refractivity contribution is -0.113. The van der Waals surface area contributed by atoms with E-state index in [4.69, 9.17) is 4.74 Å². The first-order chi connectivity index (χ1) is 13.9. The Hall–Kier alpha value is -2.74. The lowest BCUT2D eigenvalue weighted by Gasteiger charge is -2.17. The van der Waals surface area contributed by atoms with Crippen LogP contribution in [0.1, 0.15) is 38.9 Å². The summed E-state index contributed by atoms with van der Waals surface area (Å²) >= 11 is 1.27. The number of hydrogen-bond acceptors (Lipinski definition) is 5. The molecule has 0 fully saturated rings. The highest BCUT2D eigenvalue weighted by molar-refractivity contribution is 7.99. The van der Waals surface area contributed by atoms with E-state index in [0.717, 1.165) is 17.9 Å². The van der Waals surface area contributed by atoms with Gasteiger partial charge in [-0.2, -0.15) is 0 Å². The van der Waals surface area contributed by atoms with Gasteiger partial charge in [-0.1, -0.05) is 18.7 Å². The van der Waals surface area contributed by atoms with Crippen molar-refractivity contribution >= 4 is 34.4 Å². The normalized spacial score (nSPS) is 12.1. The molecule has 0 aliphatic heterocycles. The predicted molar refractivity (Wildman–Crippen MR) is 117 cm³/mol. The molecule has 2 heterocycles. The van der Waals surface area contributed by atoms with Gasteiger partial charge in [0.2, 0.25) is 5.91 Å². The van der Waals surface area contributed by atoms with E-state index in [-0.39, 0.29) is 23.3 Å². The van der Waals surface area contributed by atoms with E-state index < -0.39 is 0 Å². The number of anilines is 1. The number of rotatable bonds is 8. The molecular weight excluding hydrogens is 388 g/mol. The van der Waals surface area contributed by atoms with Gasteiger partial charge >= 0.3 is 0 Å². The summed E-state index contributed by atoms with van der Waals surface area (Å²) in [7, 11) is 0. The molecule has 1 amide bonds. The second kappa shape index (κ2) is 9.17. The van der Waals surface area contributed by atoms with E-state index in [9.17, 15) is 9.59 Å². The van der Waals surface area contributed by atoms with Crippen LogP contribution in [0.5, 0.6) is 5.75 Å². The van der Waals surface area contributed by atoms with Crippen molar-refractivity contribution in [3.8, 4) is 5.75 Å². The summed E-state index contributed by atoms with van der Waals surface area (Å²) in [4.78, 5) is 33.1. The van der Waals surface area contributed by atoms with Crippen molar-refractivity contribution in [1.82, 2.24) is 14.5 Å². The van der Waals surface area contributed by atoms with Gasteiger partial charge < -0.3 is 15.0 Å². The van der Waals surface area contributed by atoms with Crippen LogP contribution in [0.15, 0.2) is 40.3 Å². The van der Waals surface area contributed by atoms with Crippen LogP contribution in [0.25, 0.3) is 11.0 Å². The SMILES string of the molecule is CCOc1ccc(NC(=O)CSc2nc3cc(C)[nH]c3c(=O)n2[C@H](C)CC)cc1. The maximum Gasteiger partial charge on any atom is 0.278 e. The molecule has 7 nitrogen and oxygen atoms in total. The first-order valence-electron chi connectivity index (χ1n) is 9.70. The van der Waals surface area contributed by atoms with Crippen LogP contribution in [-0.4, -0.2) is 32.8 Å². The largest absolute Gasteiger partial charge is 0.494 e. The zero-order chi connectivity index (χ0) is 21.0. The number of H-pyrrole nitrogens is 1. The summed E-state index contributed by atoms with van der Waals surface area (Å²) in [5.41, 5.74) is 2.61. The number of aryl methyl sites for hydroxylation is 1. The van der Waals surface area contributed by atoms with Gasteiger partial charge in [0.15, 0.2) is 5.16 Å². The van der Waals surface area contributed by atoms with Crippen LogP contribution in [-0.2, 0) is 4.79 Å². The van der Waals surface area contributed by atoms with Gasteiger partial charge in [-0.05, 0) is 57.5 Å². The predicted octanol–water partition coefficient (Wildman–Crippen LogP) is 4.13. The minimum atomic E-state index is -0.158. The van der Waals surface area contributed by atoms with Crippen molar-refractivity contribution in [1.29, 1.82) is 0 Å². The Bertz CT molecular complexity index is 1060. The third-order valence-corrected chi connectivity index (χ3v) is 5.55. The molecule has 0 saturated carbocycles. The molecule has 0 aliphatic rings. The van der Waals surface area contributed by atoms with Gasteiger partial charge in [0, 0.05) is 17.4 Å². The molecule has 29 heavy (non-hydrogen) atoms.